The number of hydrogen-bond donors (Lipinski definition) is 3. The molecule has 7 rings (SSSR count). The minimum Gasteiger partial charge on any atom is -0.481 e. The molecule has 2 saturated heterocycles. The number of aromatic nitrogens is 3. The van der Waals surface area contributed by atoms with Gasteiger partial charge in [0.2, 0.25) is 11.8 Å². The highest BCUT2D eigenvalue weighted by Crippen LogP contribution is 2.42. The molecule has 3 N–H and O–H groups in total. The largest absolute Gasteiger partial charge is 0.481 e. The van der Waals surface area contributed by atoms with E-state index in [0.29, 0.717) is 65.4 Å². The third kappa shape index (κ3) is 7.26. The molecule has 0 unspecified atom stereocenters. The Morgan fingerprint density at radius 1 is 0.920 bits per heavy atom. The lowest BCUT2D eigenvalue weighted by Gasteiger charge is -2.16. The third-order valence-electron chi connectivity index (χ3n) is 9.29. The Labute approximate surface area is 300 Å². The normalized spacial score (nSPS) is 17.4. The first-order valence-corrected chi connectivity index (χ1v) is 17.6. The van der Waals surface area contributed by atoms with E-state index in [-0.39, 0.29) is 23.6 Å². The van der Waals surface area contributed by atoms with Crippen LogP contribution in [0.5, 0.6) is 5.88 Å². The molecular formula is C38H38Cl2N6O4. The molecule has 12 heteroatoms. The SMILES string of the molecule is COc1nc(-c2cccc(-c3cccc(-c4ccn5c(=O)c(CNC[C@H]6CCCO6)cnc5c4)c3Cl)c2Cl)ccc1CNC[C@H]1CCC(=O)N1. The van der Waals surface area contributed by atoms with Gasteiger partial charge in [0.1, 0.15) is 5.65 Å². The number of carbonyl (C=O) groups excluding carboxylic acids is 1. The molecule has 2 atom stereocenters. The minimum atomic E-state index is -0.113. The number of methoxy groups -OCH3 is 1. The minimum absolute atomic E-state index is 0.0971. The Morgan fingerprint density at radius 3 is 2.40 bits per heavy atom. The highest BCUT2D eigenvalue weighted by molar-refractivity contribution is 6.39. The third-order valence-corrected chi connectivity index (χ3v) is 10.1. The molecule has 3 aromatic heterocycles. The summed E-state index contributed by atoms with van der Waals surface area (Å²) in [5.41, 5.74) is 6.46. The highest BCUT2D eigenvalue weighted by Gasteiger charge is 2.21. The average molecular weight is 714 g/mol. The molecule has 258 valence electrons. The first kappa shape index (κ1) is 34.1. The zero-order chi connectivity index (χ0) is 34.6. The van der Waals surface area contributed by atoms with E-state index in [0.717, 1.165) is 59.3 Å². The summed E-state index contributed by atoms with van der Waals surface area (Å²) in [6.45, 7) is 3.16. The quantitative estimate of drug-likeness (QED) is 0.143. The molecule has 5 heterocycles. The molecule has 0 saturated carbocycles. The molecule has 2 fully saturated rings. The van der Waals surface area contributed by atoms with E-state index in [9.17, 15) is 9.59 Å². The molecule has 0 bridgehead atoms. The molecule has 1 amide bonds. The monoisotopic (exact) mass is 712 g/mol. The smallest absolute Gasteiger partial charge is 0.262 e. The van der Waals surface area contributed by atoms with Gasteiger partial charge in [-0.15, -0.1) is 0 Å². The van der Waals surface area contributed by atoms with Gasteiger partial charge in [-0.1, -0.05) is 65.7 Å². The molecule has 2 aliphatic heterocycles. The highest BCUT2D eigenvalue weighted by atomic mass is 35.5. The van der Waals surface area contributed by atoms with E-state index >= 15 is 0 Å². The van der Waals surface area contributed by atoms with Crippen molar-refractivity contribution in [1.29, 1.82) is 0 Å². The van der Waals surface area contributed by atoms with Gasteiger partial charge in [-0.25, -0.2) is 9.97 Å². The van der Waals surface area contributed by atoms with Crippen molar-refractivity contribution in [3.8, 4) is 39.4 Å². The molecular weight excluding hydrogens is 675 g/mol. The van der Waals surface area contributed by atoms with Crippen molar-refractivity contribution >= 4 is 34.8 Å². The molecule has 5 aromatic rings. The zero-order valence-electron chi connectivity index (χ0n) is 27.7. The van der Waals surface area contributed by atoms with E-state index in [4.69, 9.17) is 37.7 Å². The van der Waals surface area contributed by atoms with Crippen molar-refractivity contribution in [3.05, 3.63) is 105 Å². The summed E-state index contributed by atoms with van der Waals surface area (Å²) < 4.78 is 12.9. The van der Waals surface area contributed by atoms with Crippen molar-refractivity contribution in [2.75, 3.05) is 26.8 Å². The van der Waals surface area contributed by atoms with Gasteiger partial charge in [-0.3, -0.25) is 14.0 Å². The first-order valence-electron chi connectivity index (χ1n) is 16.8. The number of amides is 1. The first-order chi connectivity index (χ1) is 24.4. The van der Waals surface area contributed by atoms with Gasteiger partial charge in [0.15, 0.2) is 0 Å². The summed E-state index contributed by atoms with van der Waals surface area (Å²) in [5.74, 6) is 0.595. The van der Waals surface area contributed by atoms with E-state index in [1.165, 1.54) is 0 Å². The summed E-state index contributed by atoms with van der Waals surface area (Å²) in [5, 5.41) is 10.7. The van der Waals surface area contributed by atoms with Gasteiger partial charge in [0, 0.05) is 91.0 Å². The Hall–Kier alpha value is -4.32. The van der Waals surface area contributed by atoms with E-state index in [1.54, 1.807) is 23.9 Å². The second-order valence-corrected chi connectivity index (χ2v) is 13.4. The van der Waals surface area contributed by atoms with Crippen LogP contribution < -0.4 is 26.2 Å². The van der Waals surface area contributed by atoms with Crippen molar-refractivity contribution in [3.63, 3.8) is 0 Å². The number of fused-ring (bicyclic) bond motifs is 1. The average Bonchev–Trinajstić information content (AvgIpc) is 3.81. The lowest BCUT2D eigenvalue weighted by molar-refractivity contribution is -0.119. The zero-order valence-corrected chi connectivity index (χ0v) is 29.2. The van der Waals surface area contributed by atoms with Gasteiger partial charge < -0.3 is 25.4 Å². The van der Waals surface area contributed by atoms with Gasteiger partial charge in [0.25, 0.3) is 5.56 Å². The molecule has 0 spiro atoms. The number of rotatable bonds is 12. The number of nitrogens with zero attached hydrogens (tertiary/aromatic N) is 3. The maximum absolute atomic E-state index is 13.2. The Balaban J connectivity index is 1.11. The van der Waals surface area contributed by atoms with E-state index in [2.05, 4.69) is 20.9 Å². The van der Waals surface area contributed by atoms with Gasteiger partial charge in [0.05, 0.1) is 29.0 Å². The number of carbonyl (C=O) groups is 1. The van der Waals surface area contributed by atoms with Crippen LogP contribution in [0.2, 0.25) is 10.0 Å². The van der Waals surface area contributed by atoms with E-state index in [1.807, 2.05) is 60.7 Å². The number of nitrogens with one attached hydrogen (secondary N) is 3. The van der Waals surface area contributed by atoms with Gasteiger partial charge in [-0.05, 0) is 43.0 Å². The summed E-state index contributed by atoms with van der Waals surface area (Å²) in [6, 6.07) is 19.4. The number of hydrogen-bond acceptors (Lipinski definition) is 8. The van der Waals surface area contributed by atoms with Crippen LogP contribution in [0.15, 0.2) is 77.9 Å². The lowest BCUT2D eigenvalue weighted by Crippen LogP contribution is -2.35. The van der Waals surface area contributed by atoms with Crippen molar-refractivity contribution in [2.45, 2.75) is 50.9 Å². The number of pyridine rings is 2. The van der Waals surface area contributed by atoms with E-state index < -0.39 is 0 Å². The van der Waals surface area contributed by atoms with Crippen LogP contribution >= 0.6 is 23.2 Å². The topological polar surface area (TPSA) is 119 Å². The van der Waals surface area contributed by atoms with Gasteiger partial charge in [-0.2, -0.15) is 0 Å². The van der Waals surface area contributed by atoms with Crippen LogP contribution in [-0.4, -0.2) is 59.2 Å². The maximum Gasteiger partial charge on any atom is 0.262 e. The second-order valence-electron chi connectivity index (χ2n) is 12.6. The van der Waals surface area contributed by atoms with Crippen LogP contribution in [0.3, 0.4) is 0 Å². The molecule has 50 heavy (non-hydrogen) atoms. The molecule has 0 radical (unpaired) electrons. The summed E-state index contributed by atoms with van der Waals surface area (Å²) in [6.07, 6.45) is 7.09. The molecule has 0 aliphatic carbocycles. The Morgan fingerprint density at radius 2 is 1.66 bits per heavy atom. The maximum atomic E-state index is 13.2. The van der Waals surface area contributed by atoms with Crippen LogP contribution in [0.4, 0.5) is 0 Å². The molecule has 2 aromatic carbocycles. The van der Waals surface area contributed by atoms with Gasteiger partial charge >= 0.3 is 0 Å². The summed E-state index contributed by atoms with van der Waals surface area (Å²) in [7, 11) is 1.60. The van der Waals surface area contributed by atoms with Crippen LogP contribution in [0.25, 0.3) is 39.2 Å². The van der Waals surface area contributed by atoms with Crippen molar-refractivity contribution < 1.29 is 14.3 Å². The van der Waals surface area contributed by atoms with Crippen molar-refractivity contribution in [1.82, 2.24) is 30.3 Å². The molecule has 2 aliphatic rings. The van der Waals surface area contributed by atoms with Crippen LogP contribution in [0.1, 0.15) is 36.8 Å². The molecule has 10 nitrogen and oxygen atoms in total. The predicted octanol–water partition coefficient (Wildman–Crippen LogP) is 6.04. The fourth-order valence-corrected chi connectivity index (χ4v) is 7.28. The van der Waals surface area contributed by atoms with Crippen LogP contribution in [0, 0.1) is 0 Å². The second kappa shape index (κ2) is 15.3. The standard InChI is InChI=1S/C38H38Cl2N6O4/c1-49-37-24(18-41-21-26-11-13-34(47)44-26)10-12-32(45-37)31-9-3-8-30(36(31)40)29-7-2-6-28(35(29)39)23-14-15-46-33(17-23)43-20-25(38(46)48)19-42-22-27-5-4-16-50-27/h2-3,6-10,12,14-15,17,20,26-27,41-42H,4-5,11,13,16,18-19,21-22H2,1H3,(H,44,47)/t26-,27-/m1/s1. The fraction of sp³-hybridized carbons (Fsp3) is 0.316. The number of ether oxygens (including phenoxy) is 2. The van der Waals surface area contributed by atoms with Crippen molar-refractivity contribution in [2.24, 2.45) is 0 Å². The lowest BCUT2D eigenvalue weighted by atomic mass is 9.97. The number of benzene rings is 2. The Bertz CT molecular complexity index is 2100. The summed E-state index contributed by atoms with van der Waals surface area (Å²) in [4.78, 5) is 34.1. The number of halogens is 2. The fourth-order valence-electron chi connectivity index (χ4n) is 6.62. The summed E-state index contributed by atoms with van der Waals surface area (Å²) >= 11 is 14.2. The Kier molecular flexibility index (Phi) is 10.4. The predicted molar refractivity (Wildman–Crippen MR) is 196 cm³/mol. The van der Waals surface area contributed by atoms with Crippen LogP contribution in [-0.2, 0) is 22.6 Å².